The van der Waals surface area contributed by atoms with Crippen molar-refractivity contribution >= 4 is 11.4 Å². The third-order valence-electron chi connectivity index (χ3n) is 4.05. The molecule has 104 valence electrons. The molecule has 0 aliphatic carbocycles. The molecule has 1 aliphatic rings. The second kappa shape index (κ2) is 6.00. The van der Waals surface area contributed by atoms with Gasteiger partial charge in [-0.2, -0.15) is 0 Å². The zero-order chi connectivity index (χ0) is 13.8. The first kappa shape index (κ1) is 13.0. The topological polar surface area (TPSA) is 15.3 Å². The van der Waals surface area contributed by atoms with Gasteiger partial charge in [-0.1, -0.05) is 36.4 Å². The van der Waals surface area contributed by atoms with Gasteiger partial charge in [0.15, 0.2) is 0 Å². The summed E-state index contributed by atoms with van der Waals surface area (Å²) in [6.45, 7) is 2.15. The lowest BCUT2D eigenvalue weighted by molar-refractivity contribution is 0.827. The number of anilines is 2. The molecule has 1 N–H and O–H groups in total. The van der Waals surface area contributed by atoms with E-state index in [1.54, 1.807) is 0 Å². The summed E-state index contributed by atoms with van der Waals surface area (Å²) in [5.74, 6) is 0. The minimum Gasteiger partial charge on any atom is -0.385 e. The maximum Gasteiger partial charge on any atom is 0.0393 e. The van der Waals surface area contributed by atoms with Gasteiger partial charge in [-0.15, -0.1) is 0 Å². The van der Waals surface area contributed by atoms with Gasteiger partial charge in [0.05, 0.1) is 0 Å². The number of nitrogens with one attached hydrogen (secondary N) is 1. The second-order valence-corrected chi connectivity index (χ2v) is 5.53. The number of rotatable bonds is 4. The van der Waals surface area contributed by atoms with Crippen molar-refractivity contribution in [3.8, 4) is 0 Å². The first-order valence-corrected chi connectivity index (χ1v) is 7.45. The van der Waals surface area contributed by atoms with Crippen LogP contribution in [0.5, 0.6) is 0 Å². The Morgan fingerprint density at radius 3 is 2.80 bits per heavy atom. The van der Waals surface area contributed by atoms with Crippen LogP contribution in [-0.2, 0) is 12.8 Å². The molecule has 0 aromatic heterocycles. The van der Waals surface area contributed by atoms with E-state index in [0.29, 0.717) is 0 Å². The van der Waals surface area contributed by atoms with E-state index in [1.165, 1.54) is 35.3 Å². The smallest absolute Gasteiger partial charge is 0.0393 e. The fraction of sp³-hybridized carbons (Fsp3) is 0.333. The molecule has 0 radical (unpaired) electrons. The summed E-state index contributed by atoms with van der Waals surface area (Å²) in [4.78, 5) is 2.34. The van der Waals surface area contributed by atoms with Crippen LogP contribution >= 0.6 is 0 Å². The van der Waals surface area contributed by atoms with Crippen molar-refractivity contribution in [1.29, 1.82) is 0 Å². The molecule has 3 rings (SSSR count). The summed E-state index contributed by atoms with van der Waals surface area (Å²) >= 11 is 0. The van der Waals surface area contributed by atoms with Gasteiger partial charge in [-0.3, -0.25) is 0 Å². The fourth-order valence-electron chi connectivity index (χ4n) is 2.76. The van der Waals surface area contributed by atoms with E-state index in [1.807, 2.05) is 0 Å². The highest BCUT2D eigenvalue weighted by Crippen LogP contribution is 2.27. The first-order valence-electron chi connectivity index (χ1n) is 7.45. The van der Waals surface area contributed by atoms with Gasteiger partial charge in [-0.25, -0.2) is 0 Å². The number of likely N-dealkylation sites (N-methyl/N-ethyl adjacent to an activating group) is 1. The lowest BCUT2D eigenvalue weighted by Crippen LogP contribution is -2.21. The molecule has 2 aromatic carbocycles. The van der Waals surface area contributed by atoms with Gasteiger partial charge in [0.1, 0.15) is 0 Å². The molecule has 0 bridgehead atoms. The van der Waals surface area contributed by atoms with Crippen LogP contribution in [0.4, 0.5) is 11.4 Å². The van der Waals surface area contributed by atoms with Crippen molar-refractivity contribution in [1.82, 2.24) is 0 Å². The van der Waals surface area contributed by atoms with E-state index < -0.39 is 0 Å². The molecule has 1 aliphatic heterocycles. The minimum atomic E-state index is 1.04. The van der Waals surface area contributed by atoms with Crippen LogP contribution < -0.4 is 10.2 Å². The lowest BCUT2D eigenvalue weighted by Gasteiger charge is -2.24. The zero-order valence-corrected chi connectivity index (χ0v) is 12.1. The highest BCUT2D eigenvalue weighted by molar-refractivity contribution is 5.63. The largest absolute Gasteiger partial charge is 0.385 e. The van der Waals surface area contributed by atoms with Gasteiger partial charge in [0.2, 0.25) is 0 Å². The average molecular weight is 266 g/mol. The van der Waals surface area contributed by atoms with Crippen LogP contribution in [0.15, 0.2) is 48.5 Å². The van der Waals surface area contributed by atoms with Crippen molar-refractivity contribution in [2.24, 2.45) is 0 Å². The average Bonchev–Trinajstić information content (AvgIpc) is 2.53. The summed E-state index contributed by atoms with van der Waals surface area (Å²) in [7, 11) is 2.17. The summed E-state index contributed by atoms with van der Waals surface area (Å²) in [5.41, 5.74) is 5.47. The van der Waals surface area contributed by atoms with Gasteiger partial charge in [0, 0.05) is 31.5 Å². The van der Waals surface area contributed by atoms with Crippen molar-refractivity contribution in [3.63, 3.8) is 0 Å². The van der Waals surface area contributed by atoms with E-state index in [2.05, 4.69) is 65.8 Å². The summed E-state index contributed by atoms with van der Waals surface area (Å²) < 4.78 is 0. The number of fused-ring (bicyclic) bond motifs is 1. The van der Waals surface area contributed by atoms with Crippen molar-refractivity contribution in [2.45, 2.75) is 19.3 Å². The molecule has 0 amide bonds. The van der Waals surface area contributed by atoms with E-state index in [0.717, 1.165) is 19.5 Å². The molecule has 1 heterocycles. The van der Waals surface area contributed by atoms with E-state index >= 15 is 0 Å². The molecular weight excluding hydrogens is 244 g/mol. The Morgan fingerprint density at radius 2 is 1.95 bits per heavy atom. The Morgan fingerprint density at radius 1 is 1.10 bits per heavy atom. The molecule has 2 heteroatoms. The van der Waals surface area contributed by atoms with E-state index in [9.17, 15) is 0 Å². The number of aryl methyl sites for hydroxylation is 1. The predicted molar refractivity (Wildman–Crippen MR) is 86.7 cm³/mol. The maximum atomic E-state index is 3.50. The normalized spacial score (nSPS) is 13.4. The zero-order valence-electron chi connectivity index (χ0n) is 12.1. The summed E-state index contributed by atoms with van der Waals surface area (Å²) in [6, 6.07) is 17.5. The quantitative estimate of drug-likeness (QED) is 0.907. The number of nitrogens with zero attached hydrogens (tertiary/aromatic N) is 1. The Balaban J connectivity index is 1.66. The Kier molecular flexibility index (Phi) is 3.91. The van der Waals surface area contributed by atoms with Crippen LogP contribution in [0.2, 0.25) is 0 Å². The van der Waals surface area contributed by atoms with Crippen LogP contribution in [0.25, 0.3) is 0 Å². The number of benzene rings is 2. The monoisotopic (exact) mass is 266 g/mol. The molecule has 0 saturated carbocycles. The van der Waals surface area contributed by atoms with Crippen LogP contribution in [-0.4, -0.2) is 20.1 Å². The lowest BCUT2D eigenvalue weighted by atomic mass is 10.0. The Bertz CT molecular complexity index is 563. The third kappa shape index (κ3) is 2.96. The van der Waals surface area contributed by atoms with E-state index in [4.69, 9.17) is 0 Å². The summed E-state index contributed by atoms with van der Waals surface area (Å²) in [6.07, 6.45) is 3.54. The highest BCUT2D eigenvalue weighted by Gasteiger charge is 2.10. The number of hydrogen-bond acceptors (Lipinski definition) is 2. The molecule has 0 unspecified atom stereocenters. The van der Waals surface area contributed by atoms with Crippen LogP contribution in [0, 0.1) is 0 Å². The minimum absolute atomic E-state index is 1.04. The Hall–Kier alpha value is -1.96. The van der Waals surface area contributed by atoms with Gasteiger partial charge in [0.25, 0.3) is 0 Å². The molecule has 2 aromatic rings. The fourth-order valence-corrected chi connectivity index (χ4v) is 2.76. The second-order valence-electron chi connectivity index (χ2n) is 5.53. The molecule has 2 nitrogen and oxygen atoms in total. The Labute approximate surface area is 121 Å². The number of hydrogen-bond donors (Lipinski definition) is 1. The van der Waals surface area contributed by atoms with Crippen molar-refractivity contribution in [2.75, 3.05) is 30.4 Å². The SMILES string of the molecule is CN(CCc1ccccc1)c1ccc2c(c1)NCCC2. The van der Waals surface area contributed by atoms with E-state index in [-0.39, 0.29) is 0 Å². The summed E-state index contributed by atoms with van der Waals surface area (Å²) in [5, 5.41) is 3.50. The molecule has 0 fully saturated rings. The van der Waals surface area contributed by atoms with Crippen LogP contribution in [0.1, 0.15) is 17.5 Å². The van der Waals surface area contributed by atoms with Crippen molar-refractivity contribution < 1.29 is 0 Å². The molecule has 0 saturated heterocycles. The van der Waals surface area contributed by atoms with Gasteiger partial charge in [-0.05, 0) is 42.5 Å². The molecular formula is C18H22N2. The molecule has 0 atom stereocenters. The van der Waals surface area contributed by atoms with Gasteiger partial charge < -0.3 is 10.2 Å². The first-order chi connectivity index (χ1) is 9.83. The molecule has 0 spiro atoms. The molecule has 20 heavy (non-hydrogen) atoms. The van der Waals surface area contributed by atoms with Gasteiger partial charge >= 0.3 is 0 Å². The third-order valence-corrected chi connectivity index (χ3v) is 4.05. The standard InChI is InChI=1S/C18H22N2/c1-20(13-11-15-6-3-2-4-7-15)17-10-9-16-8-5-12-19-18(16)14-17/h2-4,6-7,9-10,14,19H,5,8,11-13H2,1H3. The predicted octanol–water partition coefficient (Wildman–Crippen LogP) is 3.72. The maximum absolute atomic E-state index is 3.50. The highest BCUT2D eigenvalue weighted by atomic mass is 15.1. The van der Waals surface area contributed by atoms with Crippen molar-refractivity contribution in [3.05, 3.63) is 59.7 Å². The van der Waals surface area contributed by atoms with Crippen LogP contribution in [0.3, 0.4) is 0 Å².